The van der Waals surface area contributed by atoms with Crippen LogP contribution in [0.5, 0.6) is 0 Å². The van der Waals surface area contributed by atoms with Gasteiger partial charge in [0, 0.05) is 16.6 Å². The number of esters is 1. The van der Waals surface area contributed by atoms with Crippen molar-refractivity contribution in [3.63, 3.8) is 0 Å². The zero-order chi connectivity index (χ0) is 23.5. The van der Waals surface area contributed by atoms with E-state index in [1.54, 1.807) is 13.0 Å². The van der Waals surface area contributed by atoms with Gasteiger partial charge in [0.1, 0.15) is 0 Å². The van der Waals surface area contributed by atoms with Gasteiger partial charge in [0.15, 0.2) is 6.10 Å². The highest BCUT2D eigenvalue weighted by molar-refractivity contribution is 6.06. The Balaban J connectivity index is 1.64. The fraction of sp³-hybridized carbons (Fsp3) is 0.179. The summed E-state index contributed by atoms with van der Waals surface area (Å²) in [5, 5.41) is 3.51. The third-order valence-electron chi connectivity index (χ3n) is 5.65. The highest BCUT2D eigenvalue weighted by Gasteiger charge is 2.22. The summed E-state index contributed by atoms with van der Waals surface area (Å²) in [5.41, 5.74) is 6.57. The summed E-state index contributed by atoms with van der Waals surface area (Å²) in [6, 6.07) is 22.8. The van der Waals surface area contributed by atoms with Gasteiger partial charge in [-0.1, -0.05) is 60.2 Å². The molecular weight excluding hydrogens is 412 g/mol. The predicted molar refractivity (Wildman–Crippen MR) is 131 cm³/mol. The maximum Gasteiger partial charge on any atom is 0.339 e. The number of pyridine rings is 1. The molecule has 0 spiro atoms. The second-order valence-corrected chi connectivity index (χ2v) is 8.24. The highest BCUT2D eigenvalue weighted by atomic mass is 16.5. The van der Waals surface area contributed by atoms with Crippen molar-refractivity contribution in [2.24, 2.45) is 0 Å². The largest absolute Gasteiger partial charge is 0.449 e. The van der Waals surface area contributed by atoms with Crippen molar-refractivity contribution in [3.8, 4) is 11.3 Å². The smallest absolute Gasteiger partial charge is 0.339 e. The molecule has 1 atom stereocenters. The van der Waals surface area contributed by atoms with E-state index in [0.717, 1.165) is 22.3 Å². The van der Waals surface area contributed by atoms with Crippen LogP contribution in [0.15, 0.2) is 72.8 Å². The van der Waals surface area contributed by atoms with Gasteiger partial charge in [-0.25, -0.2) is 9.78 Å². The number of carbonyl (C=O) groups is 2. The monoisotopic (exact) mass is 438 g/mol. The van der Waals surface area contributed by atoms with E-state index in [1.165, 1.54) is 0 Å². The van der Waals surface area contributed by atoms with E-state index in [9.17, 15) is 9.59 Å². The zero-order valence-electron chi connectivity index (χ0n) is 19.2. The van der Waals surface area contributed by atoms with E-state index in [1.807, 2.05) is 81.4 Å². The molecule has 4 aromatic rings. The predicted octanol–water partition coefficient (Wildman–Crippen LogP) is 6.01. The summed E-state index contributed by atoms with van der Waals surface area (Å²) < 4.78 is 5.58. The van der Waals surface area contributed by atoms with Crippen molar-refractivity contribution in [3.05, 3.63) is 95.1 Å². The van der Waals surface area contributed by atoms with Crippen LogP contribution in [0.3, 0.4) is 0 Å². The lowest BCUT2D eigenvalue weighted by Crippen LogP contribution is -2.30. The number of hydrogen-bond donors (Lipinski definition) is 1. The molecule has 1 heterocycles. The Kier molecular flexibility index (Phi) is 6.22. The van der Waals surface area contributed by atoms with Gasteiger partial charge in [0.05, 0.1) is 16.8 Å². The van der Waals surface area contributed by atoms with Gasteiger partial charge in [0.2, 0.25) is 0 Å². The number of ether oxygens (including phenoxy) is 1. The molecule has 33 heavy (non-hydrogen) atoms. The lowest BCUT2D eigenvalue weighted by atomic mass is 9.99. The first-order valence-corrected chi connectivity index (χ1v) is 10.9. The number of aromatic nitrogens is 1. The number of anilines is 1. The lowest BCUT2D eigenvalue weighted by molar-refractivity contribution is -0.123. The van der Waals surface area contributed by atoms with Gasteiger partial charge < -0.3 is 10.1 Å². The van der Waals surface area contributed by atoms with Crippen molar-refractivity contribution in [1.82, 2.24) is 4.98 Å². The molecule has 0 radical (unpaired) electrons. The number of carbonyl (C=O) groups excluding carboxylic acids is 2. The van der Waals surface area contributed by atoms with Gasteiger partial charge in [-0.15, -0.1) is 0 Å². The molecule has 0 fully saturated rings. The van der Waals surface area contributed by atoms with Gasteiger partial charge >= 0.3 is 5.97 Å². The van der Waals surface area contributed by atoms with Gasteiger partial charge in [0.25, 0.3) is 5.91 Å². The van der Waals surface area contributed by atoms with Crippen LogP contribution in [0.2, 0.25) is 0 Å². The molecule has 5 nitrogen and oxygen atoms in total. The number of aryl methyl sites for hydroxylation is 3. The third-order valence-corrected chi connectivity index (χ3v) is 5.65. The number of nitrogens with zero attached hydrogens (tertiary/aromatic N) is 1. The van der Waals surface area contributed by atoms with E-state index in [0.29, 0.717) is 27.8 Å². The molecule has 0 aliphatic heterocycles. The summed E-state index contributed by atoms with van der Waals surface area (Å²) in [5.74, 6) is -0.947. The Morgan fingerprint density at radius 2 is 1.61 bits per heavy atom. The highest BCUT2D eigenvalue weighted by Crippen LogP contribution is 2.28. The number of amides is 1. The molecule has 0 saturated heterocycles. The molecular formula is C28H26N2O3. The topological polar surface area (TPSA) is 68.3 Å². The molecule has 1 amide bonds. The fourth-order valence-electron chi connectivity index (χ4n) is 3.81. The van der Waals surface area contributed by atoms with Crippen LogP contribution in [0, 0.1) is 20.8 Å². The van der Waals surface area contributed by atoms with Crippen LogP contribution < -0.4 is 5.32 Å². The second kappa shape index (κ2) is 9.25. The van der Waals surface area contributed by atoms with E-state index in [4.69, 9.17) is 9.72 Å². The molecule has 1 N–H and O–H groups in total. The van der Waals surface area contributed by atoms with Crippen LogP contribution in [0.1, 0.15) is 34.0 Å². The van der Waals surface area contributed by atoms with Gasteiger partial charge in [-0.05, 0) is 57.0 Å². The molecule has 166 valence electrons. The Bertz CT molecular complexity index is 1360. The fourth-order valence-corrected chi connectivity index (χ4v) is 3.81. The second-order valence-electron chi connectivity index (χ2n) is 8.24. The number of para-hydroxylation sites is 2. The molecule has 0 bridgehead atoms. The van der Waals surface area contributed by atoms with E-state index >= 15 is 0 Å². The van der Waals surface area contributed by atoms with Crippen LogP contribution in [0.25, 0.3) is 22.2 Å². The van der Waals surface area contributed by atoms with Crippen molar-refractivity contribution < 1.29 is 14.3 Å². The Labute approximate surface area is 193 Å². The normalized spacial score (nSPS) is 11.8. The van der Waals surface area contributed by atoms with Crippen molar-refractivity contribution in [2.75, 3.05) is 5.32 Å². The SMILES string of the molecule is Cc1ccc(-c2cc(C(=O)OC(C)C(=O)Nc3ccccc3C)c3ccccc3n2)c(C)c1. The zero-order valence-corrected chi connectivity index (χ0v) is 19.2. The average molecular weight is 439 g/mol. The molecule has 4 rings (SSSR count). The van der Waals surface area contributed by atoms with Crippen molar-refractivity contribution >= 4 is 28.5 Å². The lowest BCUT2D eigenvalue weighted by Gasteiger charge is -2.16. The Hall–Kier alpha value is -3.99. The minimum atomic E-state index is -0.964. The molecule has 0 saturated carbocycles. The van der Waals surface area contributed by atoms with Crippen molar-refractivity contribution in [2.45, 2.75) is 33.8 Å². The van der Waals surface area contributed by atoms with Crippen LogP contribution in [0.4, 0.5) is 5.69 Å². The number of nitrogens with one attached hydrogen (secondary N) is 1. The molecule has 0 aliphatic rings. The molecule has 1 aromatic heterocycles. The first-order valence-electron chi connectivity index (χ1n) is 10.9. The molecule has 3 aromatic carbocycles. The number of benzene rings is 3. The average Bonchev–Trinajstić information content (AvgIpc) is 2.79. The summed E-state index contributed by atoms with van der Waals surface area (Å²) in [6.07, 6.45) is -0.964. The van der Waals surface area contributed by atoms with Gasteiger partial charge in [-0.3, -0.25) is 4.79 Å². The van der Waals surface area contributed by atoms with Crippen LogP contribution in [-0.2, 0) is 9.53 Å². The summed E-state index contributed by atoms with van der Waals surface area (Å²) in [4.78, 5) is 30.6. The summed E-state index contributed by atoms with van der Waals surface area (Å²) in [7, 11) is 0. The maximum atomic E-state index is 13.2. The Morgan fingerprint density at radius 3 is 2.36 bits per heavy atom. The van der Waals surface area contributed by atoms with Crippen LogP contribution in [-0.4, -0.2) is 23.0 Å². The quantitative estimate of drug-likeness (QED) is 0.387. The maximum absolute atomic E-state index is 13.2. The molecule has 0 aliphatic carbocycles. The number of rotatable bonds is 5. The number of hydrogen-bond acceptors (Lipinski definition) is 4. The van der Waals surface area contributed by atoms with Crippen LogP contribution >= 0.6 is 0 Å². The molecule has 5 heteroatoms. The van der Waals surface area contributed by atoms with Crippen molar-refractivity contribution in [1.29, 1.82) is 0 Å². The summed E-state index contributed by atoms with van der Waals surface area (Å²) in [6.45, 7) is 7.54. The summed E-state index contributed by atoms with van der Waals surface area (Å²) >= 11 is 0. The van der Waals surface area contributed by atoms with E-state index in [2.05, 4.69) is 11.4 Å². The standard InChI is InChI=1S/C28H26N2O3/c1-17-13-14-21(19(3)15-17)26-16-23(22-10-6-8-12-25(22)29-26)28(32)33-20(4)27(31)30-24-11-7-5-9-18(24)2/h5-16,20H,1-4H3,(H,30,31). The first kappa shape index (κ1) is 22.2. The minimum absolute atomic E-state index is 0.381. The van der Waals surface area contributed by atoms with E-state index in [-0.39, 0.29) is 5.91 Å². The van der Waals surface area contributed by atoms with Gasteiger partial charge in [-0.2, -0.15) is 0 Å². The minimum Gasteiger partial charge on any atom is -0.449 e. The first-order chi connectivity index (χ1) is 15.8. The molecule has 1 unspecified atom stereocenters. The number of fused-ring (bicyclic) bond motifs is 1. The third kappa shape index (κ3) is 4.77. The van der Waals surface area contributed by atoms with E-state index < -0.39 is 12.1 Å². The Morgan fingerprint density at radius 1 is 0.879 bits per heavy atom.